The first-order chi connectivity index (χ1) is 13.4. The predicted octanol–water partition coefficient (Wildman–Crippen LogP) is 3.90. The maximum Gasteiger partial charge on any atom is 0.308 e. The molecule has 2 heterocycles. The van der Waals surface area contributed by atoms with Crippen molar-refractivity contribution in [2.24, 2.45) is 17.8 Å². The van der Waals surface area contributed by atoms with E-state index in [-0.39, 0.29) is 17.9 Å². The third-order valence-corrected chi connectivity index (χ3v) is 6.58. The molecule has 1 aromatic heterocycles. The normalized spacial score (nSPS) is 23.0. The smallest absolute Gasteiger partial charge is 0.308 e. The molecule has 0 spiro atoms. The Morgan fingerprint density at radius 3 is 2.39 bits per heavy atom. The van der Waals surface area contributed by atoms with Crippen molar-refractivity contribution in [2.45, 2.75) is 39.7 Å². The molecular weight excluding hydrogens is 352 g/mol. The standard InChI is InChI=1S/C23H28N2O3/c1-14-11-19(16(3)25(14)15(2)17-7-5-4-6-8-17)22(26)24-12-20(18-9-10-18)21(13-24)23(27)28/h4-8,11,15,18,20-21H,9-10,12-13H2,1-3H3,(H,27,28)/t15?,20-,21+/m1/s1. The molecule has 5 nitrogen and oxygen atoms in total. The number of rotatable bonds is 5. The topological polar surface area (TPSA) is 62.5 Å². The van der Waals surface area contributed by atoms with E-state index in [2.05, 4.69) is 23.6 Å². The zero-order valence-corrected chi connectivity index (χ0v) is 16.8. The molecule has 2 fully saturated rings. The molecule has 28 heavy (non-hydrogen) atoms. The molecule has 1 saturated heterocycles. The lowest BCUT2D eigenvalue weighted by Gasteiger charge is -2.20. The number of aromatic nitrogens is 1. The van der Waals surface area contributed by atoms with Crippen LogP contribution >= 0.6 is 0 Å². The fourth-order valence-electron chi connectivity index (χ4n) is 4.90. The van der Waals surface area contributed by atoms with Crippen LogP contribution < -0.4 is 0 Å². The molecule has 1 saturated carbocycles. The van der Waals surface area contributed by atoms with Gasteiger partial charge < -0.3 is 14.6 Å². The Labute approximate surface area is 166 Å². The van der Waals surface area contributed by atoms with Crippen LogP contribution in [0.5, 0.6) is 0 Å². The van der Waals surface area contributed by atoms with E-state index in [0.29, 0.717) is 24.6 Å². The average Bonchev–Trinajstić information content (AvgIpc) is 3.36. The van der Waals surface area contributed by atoms with E-state index >= 15 is 0 Å². The monoisotopic (exact) mass is 380 g/mol. The minimum absolute atomic E-state index is 0.0333. The van der Waals surface area contributed by atoms with Gasteiger partial charge in [0.25, 0.3) is 5.91 Å². The second-order valence-corrected chi connectivity index (χ2v) is 8.40. The summed E-state index contributed by atoms with van der Waals surface area (Å²) >= 11 is 0. The van der Waals surface area contributed by atoms with Crippen LogP contribution in [0, 0.1) is 31.6 Å². The van der Waals surface area contributed by atoms with Crippen molar-refractivity contribution in [1.82, 2.24) is 9.47 Å². The van der Waals surface area contributed by atoms with Crippen LogP contribution in [0.1, 0.15) is 53.1 Å². The van der Waals surface area contributed by atoms with E-state index in [4.69, 9.17) is 0 Å². The van der Waals surface area contributed by atoms with Gasteiger partial charge in [0.2, 0.25) is 0 Å². The quantitative estimate of drug-likeness (QED) is 0.856. The first-order valence-corrected chi connectivity index (χ1v) is 10.1. The molecule has 1 aromatic carbocycles. The summed E-state index contributed by atoms with van der Waals surface area (Å²) in [6.07, 6.45) is 2.19. The second-order valence-electron chi connectivity index (χ2n) is 8.40. The summed E-state index contributed by atoms with van der Waals surface area (Å²) in [7, 11) is 0. The number of aryl methyl sites for hydroxylation is 1. The Kier molecular flexibility index (Phi) is 4.77. The van der Waals surface area contributed by atoms with E-state index in [1.807, 2.05) is 38.1 Å². The van der Waals surface area contributed by atoms with E-state index < -0.39 is 11.9 Å². The highest BCUT2D eigenvalue weighted by molar-refractivity contribution is 5.96. The van der Waals surface area contributed by atoms with E-state index in [1.54, 1.807) is 4.90 Å². The van der Waals surface area contributed by atoms with E-state index in [0.717, 1.165) is 24.2 Å². The minimum atomic E-state index is -0.768. The molecule has 148 valence electrons. The summed E-state index contributed by atoms with van der Waals surface area (Å²) in [6.45, 7) is 7.05. The molecule has 1 N–H and O–H groups in total. The Hall–Kier alpha value is -2.56. The molecule has 0 bridgehead atoms. The number of carbonyl (C=O) groups excluding carboxylic acids is 1. The molecule has 4 rings (SSSR count). The van der Waals surface area contributed by atoms with Gasteiger partial charge in [0.15, 0.2) is 0 Å². The summed E-state index contributed by atoms with van der Waals surface area (Å²) < 4.78 is 2.20. The number of carboxylic acids is 1. The van der Waals surface area contributed by atoms with Crippen molar-refractivity contribution < 1.29 is 14.7 Å². The van der Waals surface area contributed by atoms with Crippen molar-refractivity contribution in [2.75, 3.05) is 13.1 Å². The minimum Gasteiger partial charge on any atom is -0.481 e. The molecular formula is C23H28N2O3. The lowest BCUT2D eigenvalue weighted by molar-refractivity contribution is -0.142. The zero-order chi connectivity index (χ0) is 20.0. The maximum absolute atomic E-state index is 13.3. The highest BCUT2D eigenvalue weighted by Crippen LogP contribution is 2.44. The number of carboxylic acid groups (broad SMARTS) is 1. The molecule has 1 aliphatic heterocycles. The van der Waals surface area contributed by atoms with Gasteiger partial charge in [0, 0.05) is 24.5 Å². The van der Waals surface area contributed by atoms with Crippen LogP contribution in [0.3, 0.4) is 0 Å². The van der Waals surface area contributed by atoms with Crippen molar-refractivity contribution >= 4 is 11.9 Å². The van der Waals surface area contributed by atoms with Gasteiger partial charge in [-0.2, -0.15) is 0 Å². The molecule has 2 aromatic rings. The van der Waals surface area contributed by atoms with Crippen molar-refractivity contribution in [3.63, 3.8) is 0 Å². The Bertz CT molecular complexity index is 898. The summed E-state index contributed by atoms with van der Waals surface area (Å²) in [5.74, 6) is -0.648. The molecule has 2 aliphatic rings. The van der Waals surface area contributed by atoms with E-state index in [1.165, 1.54) is 5.56 Å². The number of hydrogen-bond donors (Lipinski definition) is 1. The molecule has 5 heteroatoms. The largest absolute Gasteiger partial charge is 0.481 e. The fraction of sp³-hybridized carbons (Fsp3) is 0.478. The zero-order valence-electron chi connectivity index (χ0n) is 16.8. The fourth-order valence-corrected chi connectivity index (χ4v) is 4.90. The molecule has 1 aliphatic carbocycles. The summed E-state index contributed by atoms with van der Waals surface area (Å²) in [5.41, 5.74) is 3.88. The number of aliphatic carboxylic acids is 1. The lowest BCUT2D eigenvalue weighted by Crippen LogP contribution is -2.30. The van der Waals surface area contributed by atoms with Gasteiger partial charge in [-0.05, 0) is 57.1 Å². The van der Waals surface area contributed by atoms with Crippen LogP contribution in [0.15, 0.2) is 36.4 Å². The second kappa shape index (κ2) is 7.12. The highest BCUT2D eigenvalue weighted by Gasteiger charge is 2.47. The van der Waals surface area contributed by atoms with Gasteiger partial charge in [0.1, 0.15) is 0 Å². The predicted molar refractivity (Wildman–Crippen MR) is 107 cm³/mol. The van der Waals surface area contributed by atoms with Crippen LogP contribution in [0.25, 0.3) is 0 Å². The Morgan fingerprint density at radius 2 is 1.79 bits per heavy atom. The molecule has 1 amide bonds. The molecule has 3 atom stereocenters. The van der Waals surface area contributed by atoms with Gasteiger partial charge in [0.05, 0.1) is 17.5 Å². The SMILES string of the molecule is Cc1cc(C(=O)N2C[C@H](C(=O)O)[C@@H](C3CC3)C2)c(C)n1C(C)c1ccccc1. The molecule has 0 radical (unpaired) electrons. The van der Waals surface area contributed by atoms with Gasteiger partial charge in [-0.15, -0.1) is 0 Å². The van der Waals surface area contributed by atoms with Crippen LogP contribution in [-0.2, 0) is 4.79 Å². The molecule has 1 unspecified atom stereocenters. The van der Waals surface area contributed by atoms with Crippen LogP contribution in [0.4, 0.5) is 0 Å². The van der Waals surface area contributed by atoms with Crippen molar-refractivity contribution in [3.05, 3.63) is 58.9 Å². The lowest BCUT2D eigenvalue weighted by atomic mass is 9.92. The number of benzene rings is 1. The summed E-state index contributed by atoms with van der Waals surface area (Å²) in [4.78, 5) is 26.7. The maximum atomic E-state index is 13.3. The first-order valence-electron chi connectivity index (χ1n) is 10.1. The number of carbonyl (C=O) groups is 2. The number of amides is 1. The summed E-state index contributed by atoms with van der Waals surface area (Å²) in [6, 6.07) is 12.3. The van der Waals surface area contributed by atoms with Gasteiger partial charge in [-0.1, -0.05) is 30.3 Å². The third-order valence-electron chi connectivity index (χ3n) is 6.58. The first kappa shape index (κ1) is 18.8. The van der Waals surface area contributed by atoms with Crippen LogP contribution in [0.2, 0.25) is 0 Å². The van der Waals surface area contributed by atoms with Gasteiger partial charge >= 0.3 is 5.97 Å². The van der Waals surface area contributed by atoms with Crippen LogP contribution in [-0.4, -0.2) is 39.5 Å². The Balaban J connectivity index is 1.60. The number of nitrogens with zero attached hydrogens (tertiary/aromatic N) is 2. The number of likely N-dealkylation sites (tertiary alicyclic amines) is 1. The third kappa shape index (κ3) is 3.23. The van der Waals surface area contributed by atoms with Crippen molar-refractivity contribution in [3.8, 4) is 0 Å². The van der Waals surface area contributed by atoms with Gasteiger partial charge in [-0.3, -0.25) is 9.59 Å². The average molecular weight is 380 g/mol. The van der Waals surface area contributed by atoms with Crippen molar-refractivity contribution in [1.29, 1.82) is 0 Å². The van der Waals surface area contributed by atoms with Gasteiger partial charge in [-0.25, -0.2) is 0 Å². The Morgan fingerprint density at radius 1 is 1.11 bits per heavy atom. The number of hydrogen-bond acceptors (Lipinski definition) is 2. The van der Waals surface area contributed by atoms with E-state index in [9.17, 15) is 14.7 Å². The highest BCUT2D eigenvalue weighted by atomic mass is 16.4. The summed E-state index contributed by atoms with van der Waals surface area (Å²) in [5, 5.41) is 9.59.